The van der Waals surface area contributed by atoms with Gasteiger partial charge in [0.05, 0.1) is 23.9 Å². The van der Waals surface area contributed by atoms with E-state index in [9.17, 15) is 4.79 Å². The topological polar surface area (TPSA) is 103 Å². The summed E-state index contributed by atoms with van der Waals surface area (Å²) in [5.41, 5.74) is 3.94. The number of esters is 1. The first-order chi connectivity index (χ1) is 13.5. The Balaban J connectivity index is 1.87. The molecule has 1 N–H and O–H groups in total. The van der Waals surface area contributed by atoms with Crippen LogP contribution in [0.5, 0.6) is 0 Å². The SMILES string of the molecule is COC(=O)c1cccc(Nc2c(-c3nc(C)no3)cnc3nc(C)ccc23)c1. The van der Waals surface area contributed by atoms with Crippen molar-refractivity contribution in [2.24, 2.45) is 0 Å². The molecule has 0 saturated carbocycles. The predicted octanol–water partition coefficient (Wildman–Crippen LogP) is 3.83. The fourth-order valence-electron chi connectivity index (χ4n) is 2.86. The molecule has 0 aliphatic heterocycles. The number of nitrogens with zero attached hydrogens (tertiary/aromatic N) is 4. The Hall–Kier alpha value is -3.81. The van der Waals surface area contributed by atoms with Crippen LogP contribution < -0.4 is 5.32 Å². The number of pyridine rings is 2. The van der Waals surface area contributed by atoms with Crippen LogP contribution in [0.2, 0.25) is 0 Å². The number of carbonyl (C=O) groups excluding carboxylic acids is 1. The van der Waals surface area contributed by atoms with Crippen molar-refractivity contribution in [2.75, 3.05) is 12.4 Å². The summed E-state index contributed by atoms with van der Waals surface area (Å²) in [6, 6.07) is 10.9. The zero-order chi connectivity index (χ0) is 19.7. The molecule has 0 aliphatic carbocycles. The summed E-state index contributed by atoms with van der Waals surface area (Å²) in [5, 5.41) is 8.01. The molecule has 3 aromatic heterocycles. The molecule has 0 atom stereocenters. The van der Waals surface area contributed by atoms with E-state index >= 15 is 0 Å². The van der Waals surface area contributed by atoms with E-state index in [1.165, 1.54) is 7.11 Å². The van der Waals surface area contributed by atoms with E-state index in [2.05, 4.69) is 25.4 Å². The second-order valence-corrected chi connectivity index (χ2v) is 6.21. The van der Waals surface area contributed by atoms with Gasteiger partial charge in [0.25, 0.3) is 5.89 Å². The van der Waals surface area contributed by atoms with Crippen LogP contribution >= 0.6 is 0 Å². The third-order valence-electron chi connectivity index (χ3n) is 4.18. The lowest BCUT2D eigenvalue weighted by atomic mass is 10.1. The maximum atomic E-state index is 11.9. The molecule has 8 nitrogen and oxygen atoms in total. The number of fused-ring (bicyclic) bond motifs is 1. The Kier molecular flexibility index (Phi) is 4.44. The van der Waals surface area contributed by atoms with E-state index in [0.717, 1.165) is 11.1 Å². The summed E-state index contributed by atoms with van der Waals surface area (Å²) in [5.74, 6) is 0.461. The first-order valence-corrected chi connectivity index (χ1v) is 8.57. The average Bonchev–Trinajstić information content (AvgIpc) is 3.13. The summed E-state index contributed by atoms with van der Waals surface area (Å²) in [6.07, 6.45) is 1.65. The molecule has 4 rings (SSSR count). The molecular weight excluding hydrogens is 358 g/mol. The number of hydrogen-bond donors (Lipinski definition) is 1. The van der Waals surface area contributed by atoms with Crippen LogP contribution in [-0.4, -0.2) is 33.2 Å². The van der Waals surface area contributed by atoms with Crippen molar-refractivity contribution in [2.45, 2.75) is 13.8 Å². The van der Waals surface area contributed by atoms with Crippen LogP contribution in [0.1, 0.15) is 21.9 Å². The number of nitrogens with one attached hydrogen (secondary N) is 1. The third-order valence-corrected chi connectivity index (χ3v) is 4.18. The van der Waals surface area contributed by atoms with Crippen LogP contribution in [0.25, 0.3) is 22.5 Å². The number of rotatable bonds is 4. The third kappa shape index (κ3) is 3.27. The number of carbonyl (C=O) groups is 1. The molecule has 0 saturated heterocycles. The van der Waals surface area contributed by atoms with Crippen LogP contribution in [0.15, 0.2) is 47.1 Å². The number of ether oxygens (including phenoxy) is 1. The summed E-state index contributed by atoms with van der Waals surface area (Å²) in [6.45, 7) is 3.66. The first kappa shape index (κ1) is 17.6. The molecular formula is C20H17N5O3. The minimum atomic E-state index is -0.409. The van der Waals surface area contributed by atoms with Gasteiger partial charge < -0.3 is 14.6 Å². The summed E-state index contributed by atoms with van der Waals surface area (Å²) < 4.78 is 10.1. The van der Waals surface area contributed by atoms with Gasteiger partial charge in [-0.1, -0.05) is 11.2 Å². The first-order valence-electron chi connectivity index (χ1n) is 8.57. The highest BCUT2D eigenvalue weighted by Crippen LogP contribution is 2.34. The number of aromatic nitrogens is 4. The second kappa shape index (κ2) is 7.07. The molecule has 3 heterocycles. The standard InChI is InChI=1S/C20H17N5O3/c1-11-7-8-15-17(24-14-6-4-5-13(9-14)20(26)27-3)16(10-21-18(15)22-11)19-23-12(2)25-28-19/h4-10H,1-3H3,(H,21,22,24). The molecule has 28 heavy (non-hydrogen) atoms. The molecule has 0 unspecified atom stereocenters. The highest BCUT2D eigenvalue weighted by molar-refractivity contribution is 5.99. The Morgan fingerprint density at radius 1 is 1.14 bits per heavy atom. The van der Waals surface area contributed by atoms with Crippen LogP contribution in [0.4, 0.5) is 11.4 Å². The Morgan fingerprint density at radius 3 is 2.75 bits per heavy atom. The van der Waals surface area contributed by atoms with Gasteiger partial charge in [-0.2, -0.15) is 4.98 Å². The maximum Gasteiger partial charge on any atom is 0.337 e. The van der Waals surface area contributed by atoms with Gasteiger partial charge >= 0.3 is 5.97 Å². The lowest BCUT2D eigenvalue weighted by molar-refractivity contribution is 0.0601. The van der Waals surface area contributed by atoms with Crippen molar-refractivity contribution in [3.63, 3.8) is 0 Å². The van der Waals surface area contributed by atoms with Gasteiger partial charge in [-0.05, 0) is 44.2 Å². The van der Waals surface area contributed by atoms with Gasteiger partial charge in [0.15, 0.2) is 11.5 Å². The zero-order valence-electron chi connectivity index (χ0n) is 15.6. The molecule has 0 spiro atoms. The molecule has 140 valence electrons. The molecule has 1 aromatic carbocycles. The fourth-order valence-corrected chi connectivity index (χ4v) is 2.86. The Morgan fingerprint density at radius 2 is 2.00 bits per heavy atom. The second-order valence-electron chi connectivity index (χ2n) is 6.21. The fraction of sp³-hybridized carbons (Fsp3) is 0.150. The van der Waals surface area contributed by atoms with Gasteiger partial charge in [-0.15, -0.1) is 0 Å². The van der Waals surface area contributed by atoms with E-state index in [1.54, 1.807) is 31.3 Å². The predicted molar refractivity (Wildman–Crippen MR) is 103 cm³/mol. The van der Waals surface area contributed by atoms with E-state index in [4.69, 9.17) is 9.26 Å². The maximum absolute atomic E-state index is 11.9. The van der Waals surface area contributed by atoms with Gasteiger partial charge in [-0.3, -0.25) is 0 Å². The number of anilines is 2. The van der Waals surface area contributed by atoms with Gasteiger partial charge in [0.2, 0.25) is 0 Å². The van der Waals surface area contributed by atoms with Crippen LogP contribution in [0, 0.1) is 13.8 Å². The highest BCUT2D eigenvalue weighted by atomic mass is 16.5. The quantitative estimate of drug-likeness (QED) is 0.537. The largest absolute Gasteiger partial charge is 0.465 e. The Bertz CT molecular complexity index is 1190. The van der Waals surface area contributed by atoms with E-state index in [1.807, 2.05) is 25.1 Å². The van der Waals surface area contributed by atoms with Crippen molar-refractivity contribution in [3.05, 3.63) is 59.7 Å². The number of aryl methyl sites for hydroxylation is 2. The number of hydrogen-bond acceptors (Lipinski definition) is 8. The summed E-state index contributed by atoms with van der Waals surface area (Å²) >= 11 is 0. The highest BCUT2D eigenvalue weighted by Gasteiger charge is 2.17. The normalized spacial score (nSPS) is 10.8. The monoisotopic (exact) mass is 375 g/mol. The molecule has 0 radical (unpaired) electrons. The van der Waals surface area contributed by atoms with Gasteiger partial charge in [0.1, 0.15) is 0 Å². The lowest BCUT2D eigenvalue weighted by Gasteiger charge is -2.13. The molecule has 0 fully saturated rings. The van der Waals surface area contributed by atoms with Crippen LogP contribution in [-0.2, 0) is 4.74 Å². The van der Waals surface area contributed by atoms with E-state index < -0.39 is 5.97 Å². The van der Waals surface area contributed by atoms with E-state index in [0.29, 0.717) is 39.9 Å². The lowest BCUT2D eigenvalue weighted by Crippen LogP contribution is -2.03. The Labute approximate surface area is 160 Å². The molecule has 0 aliphatic rings. The van der Waals surface area contributed by atoms with Crippen molar-refractivity contribution >= 4 is 28.4 Å². The molecule has 0 bridgehead atoms. The number of methoxy groups -OCH3 is 1. The molecule has 0 amide bonds. The average molecular weight is 375 g/mol. The van der Waals surface area contributed by atoms with Crippen molar-refractivity contribution in [3.8, 4) is 11.5 Å². The van der Waals surface area contributed by atoms with Crippen molar-refractivity contribution in [1.82, 2.24) is 20.1 Å². The minimum absolute atomic E-state index is 0.346. The summed E-state index contributed by atoms with van der Waals surface area (Å²) in [4.78, 5) is 25.1. The van der Waals surface area contributed by atoms with Crippen molar-refractivity contribution < 1.29 is 14.1 Å². The zero-order valence-corrected chi connectivity index (χ0v) is 15.6. The van der Waals surface area contributed by atoms with E-state index in [-0.39, 0.29) is 0 Å². The summed E-state index contributed by atoms with van der Waals surface area (Å²) in [7, 11) is 1.35. The number of benzene rings is 1. The van der Waals surface area contributed by atoms with Crippen LogP contribution in [0.3, 0.4) is 0 Å². The minimum Gasteiger partial charge on any atom is -0.465 e. The van der Waals surface area contributed by atoms with Gasteiger partial charge in [0, 0.05) is 23.0 Å². The molecule has 8 heteroatoms. The van der Waals surface area contributed by atoms with Gasteiger partial charge in [-0.25, -0.2) is 14.8 Å². The smallest absolute Gasteiger partial charge is 0.337 e. The molecule has 4 aromatic rings. The van der Waals surface area contributed by atoms with Crippen molar-refractivity contribution in [1.29, 1.82) is 0 Å².